The topological polar surface area (TPSA) is 68.2 Å². The first-order valence-electron chi connectivity index (χ1n) is 10.3. The Labute approximate surface area is 208 Å². The van der Waals surface area contributed by atoms with Crippen LogP contribution in [-0.4, -0.2) is 20.8 Å². The number of carbonyl (C=O) groups excluding carboxylic acids is 1. The fraction of sp³-hybridized carbons (Fsp3) is 0.125. The Balaban J connectivity index is 1.36. The lowest BCUT2D eigenvalue weighted by molar-refractivity contribution is -0.141. The summed E-state index contributed by atoms with van der Waals surface area (Å²) in [5.41, 5.74) is 0.927. The van der Waals surface area contributed by atoms with E-state index < -0.39 is 17.8 Å². The highest BCUT2D eigenvalue weighted by Gasteiger charge is 2.34. The minimum Gasteiger partial charge on any atom is -0.489 e. The van der Waals surface area contributed by atoms with Gasteiger partial charge in [0.2, 0.25) is 0 Å². The number of hydrogen-bond donors (Lipinski definition) is 2. The summed E-state index contributed by atoms with van der Waals surface area (Å²) in [5.74, 6) is 0.152. The molecule has 0 aliphatic heterocycles. The summed E-state index contributed by atoms with van der Waals surface area (Å²) in [6, 6.07) is 20.9. The highest BCUT2D eigenvalue weighted by molar-refractivity contribution is 7.80. The normalized spacial score (nSPS) is 11.2. The van der Waals surface area contributed by atoms with Gasteiger partial charge in [-0.3, -0.25) is 14.8 Å². The van der Waals surface area contributed by atoms with Crippen molar-refractivity contribution < 1.29 is 22.7 Å². The molecular formula is C24H19F3N4O2S2. The maximum Gasteiger partial charge on any atom is 0.435 e. The molecule has 2 N–H and O–H groups in total. The van der Waals surface area contributed by atoms with Crippen LogP contribution in [0, 0.1) is 0 Å². The fourth-order valence-electron chi connectivity index (χ4n) is 3.17. The number of amides is 1. The quantitative estimate of drug-likeness (QED) is 0.314. The van der Waals surface area contributed by atoms with Crippen LogP contribution in [0.5, 0.6) is 5.75 Å². The number of anilines is 1. The molecule has 0 saturated carbocycles. The van der Waals surface area contributed by atoms with Crippen LogP contribution in [0.15, 0.2) is 72.8 Å². The van der Waals surface area contributed by atoms with Crippen LogP contribution in [0.25, 0.3) is 10.6 Å². The molecule has 11 heteroatoms. The lowest BCUT2D eigenvalue weighted by Gasteiger charge is -2.11. The highest BCUT2D eigenvalue weighted by atomic mass is 32.1. The van der Waals surface area contributed by atoms with Crippen molar-refractivity contribution >= 4 is 40.3 Å². The molecule has 1 amide bonds. The van der Waals surface area contributed by atoms with E-state index in [2.05, 4.69) is 15.7 Å². The van der Waals surface area contributed by atoms with E-state index in [1.54, 1.807) is 24.3 Å². The average Bonchev–Trinajstić information content (AvgIpc) is 3.45. The number of ether oxygens (including phenoxy) is 1. The summed E-state index contributed by atoms with van der Waals surface area (Å²) in [5, 5.41) is 9.09. The van der Waals surface area contributed by atoms with Gasteiger partial charge in [-0.1, -0.05) is 36.4 Å². The van der Waals surface area contributed by atoms with Crippen molar-refractivity contribution in [3.63, 3.8) is 0 Å². The second kappa shape index (κ2) is 10.3. The average molecular weight is 517 g/mol. The first-order valence-corrected chi connectivity index (χ1v) is 11.5. The van der Waals surface area contributed by atoms with Gasteiger partial charge in [-0.25, -0.2) is 0 Å². The molecule has 180 valence electrons. The minimum absolute atomic E-state index is 0.0741. The molecule has 0 aliphatic rings. The molecule has 0 radical (unpaired) electrons. The monoisotopic (exact) mass is 516 g/mol. The lowest BCUT2D eigenvalue weighted by Crippen LogP contribution is -2.33. The molecule has 0 spiro atoms. The van der Waals surface area contributed by atoms with E-state index in [-0.39, 0.29) is 10.8 Å². The Bertz CT molecular complexity index is 1350. The number of halogens is 3. The maximum absolute atomic E-state index is 12.9. The van der Waals surface area contributed by atoms with E-state index in [4.69, 9.17) is 17.0 Å². The summed E-state index contributed by atoms with van der Waals surface area (Å²) in [6.45, 7) is 0.410. The number of carbonyl (C=O) groups is 1. The van der Waals surface area contributed by atoms with E-state index in [1.807, 2.05) is 36.4 Å². The molecule has 0 fully saturated rings. The predicted molar refractivity (Wildman–Crippen MR) is 132 cm³/mol. The van der Waals surface area contributed by atoms with Crippen LogP contribution in [0.1, 0.15) is 20.9 Å². The second-order valence-electron chi connectivity index (χ2n) is 7.41. The number of aryl methyl sites for hydroxylation is 1. The van der Waals surface area contributed by atoms with Gasteiger partial charge in [-0.05, 0) is 48.1 Å². The van der Waals surface area contributed by atoms with E-state index in [0.29, 0.717) is 27.8 Å². The first-order chi connectivity index (χ1) is 16.7. The third kappa shape index (κ3) is 6.25. The van der Waals surface area contributed by atoms with Crippen LogP contribution in [0.3, 0.4) is 0 Å². The predicted octanol–water partition coefficient (Wildman–Crippen LogP) is 5.87. The van der Waals surface area contributed by atoms with E-state index in [9.17, 15) is 18.0 Å². The number of thiocarbonyl (C=S) groups is 1. The van der Waals surface area contributed by atoms with Crippen molar-refractivity contribution in [3.8, 4) is 16.3 Å². The van der Waals surface area contributed by atoms with Gasteiger partial charge in [0.1, 0.15) is 12.4 Å². The van der Waals surface area contributed by atoms with Gasteiger partial charge < -0.3 is 10.1 Å². The summed E-state index contributed by atoms with van der Waals surface area (Å²) in [7, 11) is 1.42. The van der Waals surface area contributed by atoms with Crippen molar-refractivity contribution in [1.29, 1.82) is 0 Å². The van der Waals surface area contributed by atoms with Crippen molar-refractivity contribution in [1.82, 2.24) is 15.1 Å². The molecule has 2 heterocycles. The first kappa shape index (κ1) is 24.4. The Kier molecular flexibility index (Phi) is 7.17. The van der Waals surface area contributed by atoms with E-state index in [1.165, 1.54) is 13.1 Å². The summed E-state index contributed by atoms with van der Waals surface area (Å²) in [4.78, 5) is 13.4. The van der Waals surface area contributed by atoms with Crippen LogP contribution in [0.2, 0.25) is 0 Å². The molecule has 0 bridgehead atoms. The number of benzene rings is 2. The number of aromatic nitrogens is 2. The standard InChI is InChI=1S/C24H19F3N4O2S2/c1-31-18(13-21(30-31)24(25,26)27)19-10-11-20(35-19)22(32)29-23(34)28-16-8-5-9-17(12-16)33-14-15-6-3-2-4-7-15/h2-13H,14H2,1H3,(H2,28,29,32,34). The summed E-state index contributed by atoms with van der Waals surface area (Å²) in [6.07, 6.45) is -4.55. The Morgan fingerprint density at radius 1 is 1.09 bits per heavy atom. The molecule has 6 nitrogen and oxygen atoms in total. The smallest absolute Gasteiger partial charge is 0.435 e. The second-order valence-corrected chi connectivity index (χ2v) is 8.90. The van der Waals surface area contributed by atoms with Gasteiger partial charge in [0.25, 0.3) is 5.91 Å². The highest BCUT2D eigenvalue weighted by Crippen LogP contribution is 2.34. The third-order valence-corrected chi connectivity index (χ3v) is 6.13. The molecule has 0 saturated heterocycles. The summed E-state index contributed by atoms with van der Waals surface area (Å²) >= 11 is 6.28. The van der Waals surface area contributed by atoms with Gasteiger partial charge in [0.05, 0.1) is 15.4 Å². The zero-order valence-corrected chi connectivity index (χ0v) is 19.9. The molecule has 2 aromatic carbocycles. The van der Waals surface area contributed by atoms with E-state index in [0.717, 1.165) is 27.6 Å². The van der Waals surface area contributed by atoms with Crippen molar-refractivity contribution in [2.45, 2.75) is 12.8 Å². The molecular weight excluding hydrogens is 497 g/mol. The van der Waals surface area contributed by atoms with Crippen LogP contribution < -0.4 is 15.4 Å². The van der Waals surface area contributed by atoms with Crippen molar-refractivity contribution in [2.24, 2.45) is 7.05 Å². The zero-order valence-electron chi connectivity index (χ0n) is 18.3. The molecule has 4 rings (SSSR count). The van der Waals surface area contributed by atoms with Crippen LogP contribution >= 0.6 is 23.6 Å². The van der Waals surface area contributed by atoms with Crippen molar-refractivity contribution in [2.75, 3.05) is 5.32 Å². The number of thiophene rings is 1. The largest absolute Gasteiger partial charge is 0.489 e. The zero-order chi connectivity index (χ0) is 25.0. The van der Waals surface area contributed by atoms with Crippen LogP contribution in [-0.2, 0) is 19.8 Å². The Morgan fingerprint density at radius 2 is 1.86 bits per heavy atom. The minimum atomic E-state index is -4.55. The lowest BCUT2D eigenvalue weighted by atomic mass is 10.2. The van der Waals surface area contributed by atoms with Gasteiger partial charge in [-0.15, -0.1) is 11.3 Å². The van der Waals surface area contributed by atoms with Gasteiger partial charge in [0, 0.05) is 18.8 Å². The maximum atomic E-state index is 12.9. The summed E-state index contributed by atoms with van der Waals surface area (Å²) < 4.78 is 45.7. The van der Waals surface area contributed by atoms with Gasteiger partial charge in [0.15, 0.2) is 10.8 Å². The number of hydrogen-bond acceptors (Lipinski definition) is 5. The molecule has 2 aromatic heterocycles. The number of rotatable bonds is 6. The third-order valence-electron chi connectivity index (χ3n) is 4.82. The Hall–Kier alpha value is -3.70. The molecule has 4 aromatic rings. The van der Waals surface area contributed by atoms with Crippen molar-refractivity contribution in [3.05, 3.63) is 88.9 Å². The SMILES string of the molecule is Cn1nc(C(F)(F)F)cc1-c1ccc(C(=O)NC(=S)Nc2cccc(OCc3ccccc3)c2)s1. The number of alkyl halides is 3. The van der Waals surface area contributed by atoms with Gasteiger partial charge in [-0.2, -0.15) is 18.3 Å². The molecule has 35 heavy (non-hydrogen) atoms. The number of nitrogens with one attached hydrogen (secondary N) is 2. The molecule has 0 unspecified atom stereocenters. The fourth-order valence-corrected chi connectivity index (χ4v) is 4.32. The molecule has 0 atom stereocenters. The Morgan fingerprint density at radius 3 is 2.57 bits per heavy atom. The van der Waals surface area contributed by atoms with E-state index >= 15 is 0 Å². The molecule has 0 aliphatic carbocycles. The van der Waals surface area contributed by atoms with Gasteiger partial charge >= 0.3 is 6.18 Å². The number of nitrogens with zero attached hydrogens (tertiary/aromatic N) is 2. The van der Waals surface area contributed by atoms with Crippen LogP contribution in [0.4, 0.5) is 18.9 Å².